The predicted molar refractivity (Wildman–Crippen MR) is 86.8 cm³/mol. The van der Waals surface area contributed by atoms with Crippen LogP contribution in [0.3, 0.4) is 0 Å². The summed E-state index contributed by atoms with van der Waals surface area (Å²) in [5, 5.41) is 2.95. The minimum absolute atomic E-state index is 0.179. The number of carbonyl (C=O) groups is 1. The van der Waals surface area contributed by atoms with Crippen molar-refractivity contribution in [2.24, 2.45) is 0 Å². The van der Waals surface area contributed by atoms with Crippen molar-refractivity contribution in [3.05, 3.63) is 30.3 Å². The van der Waals surface area contributed by atoms with Crippen LogP contribution in [0.4, 0.5) is 0 Å². The zero-order valence-electron chi connectivity index (χ0n) is 12.7. The number of ether oxygens (including phenoxy) is 1. The van der Waals surface area contributed by atoms with Gasteiger partial charge in [0, 0.05) is 0 Å². The van der Waals surface area contributed by atoms with Crippen molar-refractivity contribution >= 4 is 24.4 Å². The normalized spacial score (nSPS) is 15.3. The Labute approximate surface area is 131 Å². The second-order valence-corrected chi connectivity index (χ2v) is 7.79. The Morgan fingerprint density at radius 2 is 1.90 bits per heavy atom. The number of rotatable bonds is 8. The van der Waals surface area contributed by atoms with Gasteiger partial charge in [0.2, 0.25) is 0 Å². The maximum absolute atomic E-state index is 11.9. The van der Waals surface area contributed by atoms with Crippen molar-refractivity contribution in [1.29, 1.82) is 0 Å². The fraction of sp³-hybridized carbons (Fsp3) is 0.500. The van der Waals surface area contributed by atoms with Gasteiger partial charge in [-0.15, -0.1) is 0 Å². The van der Waals surface area contributed by atoms with Crippen LogP contribution in [0.25, 0.3) is 0 Å². The van der Waals surface area contributed by atoms with E-state index >= 15 is 0 Å². The van der Waals surface area contributed by atoms with Gasteiger partial charge in [0.1, 0.15) is 11.8 Å². The number of benzene rings is 1. The Kier molecular flexibility index (Phi) is 7.32. The van der Waals surface area contributed by atoms with E-state index in [9.17, 15) is 4.79 Å². The summed E-state index contributed by atoms with van der Waals surface area (Å²) in [5.41, 5.74) is 0. The summed E-state index contributed by atoms with van der Waals surface area (Å²) in [4.78, 5) is 11.9. The van der Waals surface area contributed by atoms with E-state index in [4.69, 9.17) is 25.6 Å². The Morgan fingerprint density at radius 1 is 1.29 bits per heavy atom. The molecule has 118 valence electrons. The van der Waals surface area contributed by atoms with Gasteiger partial charge in [0.05, 0.1) is 12.7 Å². The molecule has 0 bridgehead atoms. The lowest BCUT2D eigenvalue weighted by atomic mass is 10.3. The minimum Gasteiger partial charge on any atom is -0.462 e. The van der Waals surface area contributed by atoms with Crippen LogP contribution >= 0.6 is 6.64 Å². The third-order valence-electron chi connectivity index (χ3n) is 2.33. The Bertz CT molecular complexity index is 495. The fourth-order valence-corrected chi connectivity index (χ4v) is 4.05. The van der Waals surface area contributed by atoms with E-state index in [1.54, 1.807) is 32.9 Å². The topological polar surface area (TPSA) is 56.8 Å². The van der Waals surface area contributed by atoms with Gasteiger partial charge < -0.3 is 13.8 Å². The van der Waals surface area contributed by atoms with Crippen LogP contribution in [0.5, 0.6) is 5.75 Å². The van der Waals surface area contributed by atoms with Crippen molar-refractivity contribution in [3.8, 4) is 5.75 Å². The van der Waals surface area contributed by atoms with Crippen molar-refractivity contribution in [2.75, 3.05) is 6.61 Å². The number of hydrogen-bond acceptors (Lipinski definition) is 5. The van der Waals surface area contributed by atoms with E-state index in [2.05, 4.69) is 5.09 Å². The molecule has 2 atom stereocenters. The predicted octanol–water partition coefficient (Wildman–Crippen LogP) is 3.26. The molecule has 0 aromatic heterocycles. The average Bonchev–Trinajstić information content (AvgIpc) is 2.38. The van der Waals surface area contributed by atoms with Crippen molar-refractivity contribution in [1.82, 2.24) is 5.09 Å². The molecule has 5 nitrogen and oxygen atoms in total. The number of esters is 1. The molecule has 0 saturated carbocycles. The van der Waals surface area contributed by atoms with E-state index in [1.165, 1.54) is 0 Å². The Balaban J connectivity index is 2.76. The summed E-state index contributed by atoms with van der Waals surface area (Å²) < 4.78 is 16.4. The molecule has 1 rings (SSSR count). The molecule has 0 saturated heterocycles. The van der Waals surface area contributed by atoms with Crippen LogP contribution < -0.4 is 9.61 Å². The van der Waals surface area contributed by atoms with Gasteiger partial charge in [-0.1, -0.05) is 18.2 Å². The minimum atomic E-state index is -2.81. The van der Waals surface area contributed by atoms with Crippen LogP contribution in [0.1, 0.15) is 27.7 Å². The molecule has 0 aliphatic carbocycles. The monoisotopic (exact) mass is 331 g/mol. The molecule has 0 spiro atoms. The second kappa shape index (κ2) is 8.49. The smallest absolute Gasteiger partial charge is 0.323 e. The van der Waals surface area contributed by atoms with E-state index in [0.717, 1.165) is 0 Å². The van der Waals surface area contributed by atoms with E-state index in [1.807, 2.05) is 25.1 Å². The average molecular weight is 331 g/mol. The Morgan fingerprint density at radius 3 is 2.43 bits per heavy atom. The van der Waals surface area contributed by atoms with Crippen LogP contribution in [0.15, 0.2) is 30.3 Å². The first-order valence-electron chi connectivity index (χ1n) is 6.84. The summed E-state index contributed by atoms with van der Waals surface area (Å²) in [6, 6.07) is 8.55. The van der Waals surface area contributed by atoms with E-state index < -0.39 is 12.7 Å². The largest absolute Gasteiger partial charge is 0.462 e. The molecule has 1 aromatic rings. The number of para-hydroxylation sites is 1. The summed E-state index contributed by atoms with van der Waals surface area (Å²) in [7, 11) is 0. The first kappa shape index (κ1) is 18.1. The molecular formula is C14H22NO4PS. The van der Waals surface area contributed by atoms with Crippen LogP contribution in [0, 0.1) is 0 Å². The quantitative estimate of drug-likeness (QED) is 0.583. The highest BCUT2D eigenvalue weighted by Gasteiger charge is 2.27. The van der Waals surface area contributed by atoms with Crippen molar-refractivity contribution in [3.63, 3.8) is 0 Å². The second-order valence-electron chi connectivity index (χ2n) is 4.66. The molecule has 0 aliphatic heterocycles. The summed E-state index contributed by atoms with van der Waals surface area (Å²) in [6.07, 6.45) is -0.179. The number of hydrogen-bond donors (Lipinski definition) is 1. The molecule has 0 amide bonds. The first-order valence-corrected chi connectivity index (χ1v) is 9.47. The van der Waals surface area contributed by atoms with Gasteiger partial charge >= 0.3 is 12.6 Å². The van der Waals surface area contributed by atoms with Gasteiger partial charge in [-0.3, -0.25) is 4.79 Å². The molecule has 0 heterocycles. The van der Waals surface area contributed by atoms with Crippen LogP contribution in [-0.2, 0) is 25.9 Å². The van der Waals surface area contributed by atoms with Gasteiger partial charge in [0.25, 0.3) is 0 Å². The lowest BCUT2D eigenvalue weighted by molar-refractivity contribution is -0.149. The zero-order chi connectivity index (χ0) is 15.9. The third-order valence-corrected chi connectivity index (χ3v) is 4.93. The standard InChI is InChI=1S/C14H22NO4PS/c1-5-17-20(21,19-13-9-7-6-8-10-13)15-12(4)14(16)18-11(2)3/h6-12H,5H2,1-4H3,(H,15,21). The summed E-state index contributed by atoms with van der Waals surface area (Å²) >= 11 is 5.44. The fourth-order valence-electron chi connectivity index (χ4n) is 1.50. The summed E-state index contributed by atoms with van der Waals surface area (Å²) in [6.45, 7) is 4.68. The lowest BCUT2D eigenvalue weighted by Gasteiger charge is -2.26. The molecule has 7 heteroatoms. The molecule has 21 heavy (non-hydrogen) atoms. The summed E-state index contributed by atoms with van der Waals surface area (Å²) in [5.74, 6) is 0.224. The molecule has 0 radical (unpaired) electrons. The lowest BCUT2D eigenvalue weighted by Crippen LogP contribution is -2.36. The molecular weight excluding hydrogens is 309 g/mol. The van der Waals surface area contributed by atoms with Gasteiger partial charge in [-0.05, 0) is 51.6 Å². The molecule has 0 fully saturated rings. The zero-order valence-corrected chi connectivity index (χ0v) is 14.4. The highest BCUT2D eigenvalue weighted by molar-refractivity contribution is 8.09. The number of nitrogens with one attached hydrogen (secondary N) is 1. The molecule has 1 N–H and O–H groups in total. The molecule has 0 aliphatic rings. The number of carbonyl (C=O) groups excluding carboxylic acids is 1. The van der Waals surface area contributed by atoms with Gasteiger partial charge in [-0.25, -0.2) is 5.09 Å². The molecule has 1 aromatic carbocycles. The van der Waals surface area contributed by atoms with Crippen LogP contribution in [0.2, 0.25) is 0 Å². The van der Waals surface area contributed by atoms with E-state index in [0.29, 0.717) is 12.4 Å². The Hall–Kier alpha value is -0.940. The highest BCUT2D eigenvalue weighted by Crippen LogP contribution is 2.45. The molecule has 2 unspecified atom stereocenters. The first-order chi connectivity index (χ1) is 9.86. The maximum atomic E-state index is 11.9. The maximum Gasteiger partial charge on any atom is 0.323 e. The SMILES string of the molecule is CCOP(=S)(NC(C)C(=O)OC(C)C)Oc1ccccc1. The highest BCUT2D eigenvalue weighted by atomic mass is 32.5. The third kappa shape index (κ3) is 6.57. The van der Waals surface area contributed by atoms with Crippen LogP contribution in [-0.4, -0.2) is 24.7 Å². The van der Waals surface area contributed by atoms with E-state index in [-0.39, 0.29) is 12.1 Å². The van der Waals surface area contributed by atoms with Crippen molar-refractivity contribution < 1.29 is 18.6 Å². The van der Waals surface area contributed by atoms with Crippen molar-refractivity contribution in [2.45, 2.75) is 39.8 Å². The van der Waals surface area contributed by atoms with Gasteiger partial charge in [-0.2, -0.15) is 0 Å². The van der Waals surface area contributed by atoms with Gasteiger partial charge in [0.15, 0.2) is 0 Å².